The van der Waals surface area contributed by atoms with Gasteiger partial charge in [0.1, 0.15) is 0 Å². The molecule has 0 saturated heterocycles. The Balaban J connectivity index is 2.30. The number of hydrogen-bond acceptors (Lipinski definition) is 3. The second kappa shape index (κ2) is 7.58. The summed E-state index contributed by atoms with van der Waals surface area (Å²) < 4.78 is 0. The number of hydrogen-bond donors (Lipinski definition) is 2. The minimum atomic E-state index is -0.0371. The molecule has 3 nitrogen and oxygen atoms in total. The zero-order valence-electron chi connectivity index (χ0n) is 9.65. The number of amides is 1. The van der Waals surface area contributed by atoms with Gasteiger partial charge in [-0.05, 0) is 18.2 Å². The molecule has 1 rings (SSSR count). The number of carbonyl (C=O) groups is 1. The van der Waals surface area contributed by atoms with Crippen LogP contribution in [0.3, 0.4) is 0 Å². The van der Waals surface area contributed by atoms with E-state index >= 15 is 0 Å². The van der Waals surface area contributed by atoms with Crippen molar-refractivity contribution < 1.29 is 9.90 Å². The van der Waals surface area contributed by atoms with Crippen molar-refractivity contribution in [2.75, 3.05) is 17.7 Å². The summed E-state index contributed by atoms with van der Waals surface area (Å²) in [4.78, 5) is 11.6. The number of carbonyl (C=O) groups excluding carboxylic acids is 1. The smallest absolute Gasteiger partial charge is 0.225 e. The van der Waals surface area contributed by atoms with Crippen LogP contribution in [0.5, 0.6) is 0 Å². The molecule has 1 aromatic rings. The Morgan fingerprint density at radius 3 is 3.00 bits per heavy atom. The summed E-state index contributed by atoms with van der Waals surface area (Å²) in [5, 5.41) is 12.4. The lowest BCUT2D eigenvalue weighted by Gasteiger charge is -2.08. The van der Waals surface area contributed by atoms with Crippen molar-refractivity contribution in [1.29, 1.82) is 0 Å². The van der Waals surface area contributed by atoms with Gasteiger partial charge in [-0.2, -0.15) is 11.8 Å². The van der Waals surface area contributed by atoms with E-state index in [-0.39, 0.29) is 17.8 Å². The summed E-state index contributed by atoms with van der Waals surface area (Å²) >= 11 is 7.39. The fourth-order valence-electron chi connectivity index (χ4n) is 1.20. The van der Waals surface area contributed by atoms with E-state index in [0.717, 1.165) is 0 Å². The van der Waals surface area contributed by atoms with E-state index in [1.54, 1.807) is 36.0 Å². The Kier molecular flexibility index (Phi) is 6.40. The molecule has 0 aliphatic rings. The van der Waals surface area contributed by atoms with E-state index in [4.69, 9.17) is 16.7 Å². The lowest BCUT2D eigenvalue weighted by molar-refractivity contribution is -0.115. The SMILES string of the molecule is CC(CO)SCCC(=O)Nc1cccc(Cl)c1. The van der Waals surface area contributed by atoms with Crippen LogP contribution in [0.2, 0.25) is 5.02 Å². The van der Waals surface area contributed by atoms with Crippen molar-refractivity contribution in [2.24, 2.45) is 0 Å². The van der Waals surface area contributed by atoms with Gasteiger partial charge < -0.3 is 10.4 Å². The maximum atomic E-state index is 11.6. The quantitative estimate of drug-likeness (QED) is 0.838. The fraction of sp³-hybridized carbons (Fsp3) is 0.417. The van der Waals surface area contributed by atoms with Gasteiger partial charge in [0.25, 0.3) is 0 Å². The molecule has 0 aliphatic carbocycles. The molecule has 0 radical (unpaired) electrons. The number of anilines is 1. The lowest BCUT2D eigenvalue weighted by atomic mass is 10.3. The average Bonchev–Trinajstić information content (AvgIpc) is 2.28. The number of thioether (sulfide) groups is 1. The van der Waals surface area contributed by atoms with E-state index < -0.39 is 0 Å². The van der Waals surface area contributed by atoms with Gasteiger partial charge in [0.2, 0.25) is 5.91 Å². The van der Waals surface area contributed by atoms with Crippen molar-refractivity contribution >= 4 is 35.0 Å². The molecular formula is C12H16ClNO2S. The third-order valence-corrected chi connectivity index (χ3v) is 3.49. The summed E-state index contributed by atoms with van der Waals surface area (Å²) in [7, 11) is 0. The standard InChI is InChI=1S/C12H16ClNO2S/c1-9(8-15)17-6-5-12(16)14-11-4-2-3-10(13)7-11/h2-4,7,9,15H,5-6,8H2,1H3,(H,14,16). The predicted molar refractivity (Wildman–Crippen MR) is 73.7 cm³/mol. The number of aliphatic hydroxyl groups excluding tert-OH is 1. The van der Waals surface area contributed by atoms with Crippen LogP contribution in [0.4, 0.5) is 5.69 Å². The van der Waals surface area contributed by atoms with Gasteiger partial charge in [-0.1, -0.05) is 24.6 Å². The second-order valence-electron chi connectivity index (χ2n) is 3.67. The van der Waals surface area contributed by atoms with Crippen molar-refractivity contribution in [3.8, 4) is 0 Å². The van der Waals surface area contributed by atoms with Gasteiger partial charge >= 0.3 is 0 Å². The minimum Gasteiger partial charge on any atom is -0.395 e. The monoisotopic (exact) mass is 273 g/mol. The van der Waals surface area contributed by atoms with Crippen LogP contribution in [0.25, 0.3) is 0 Å². The number of halogens is 1. The van der Waals surface area contributed by atoms with Gasteiger partial charge in [0.15, 0.2) is 0 Å². The third kappa shape index (κ3) is 5.96. The molecule has 1 unspecified atom stereocenters. The van der Waals surface area contributed by atoms with E-state index in [2.05, 4.69) is 5.32 Å². The minimum absolute atomic E-state index is 0.0371. The number of aliphatic hydroxyl groups is 1. The molecule has 0 aromatic heterocycles. The van der Waals surface area contributed by atoms with Gasteiger partial charge in [0, 0.05) is 28.1 Å². The third-order valence-electron chi connectivity index (χ3n) is 2.10. The lowest BCUT2D eigenvalue weighted by Crippen LogP contribution is -2.13. The van der Waals surface area contributed by atoms with Gasteiger partial charge in [-0.15, -0.1) is 0 Å². The van der Waals surface area contributed by atoms with Crippen molar-refractivity contribution in [3.05, 3.63) is 29.3 Å². The van der Waals surface area contributed by atoms with Crippen molar-refractivity contribution in [3.63, 3.8) is 0 Å². The molecule has 1 amide bonds. The Morgan fingerprint density at radius 1 is 1.59 bits per heavy atom. The van der Waals surface area contributed by atoms with Crippen LogP contribution >= 0.6 is 23.4 Å². The highest BCUT2D eigenvalue weighted by molar-refractivity contribution is 7.99. The van der Waals surface area contributed by atoms with E-state index in [1.165, 1.54) is 0 Å². The molecule has 0 aliphatic heterocycles. The zero-order chi connectivity index (χ0) is 12.7. The predicted octanol–water partition coefficient (Wildman–Crippen LogP) is 2.78. The molecule has 5 heteroatoms. The highest BCUT2D eigenvalue weighted by atomic mass is 35.5. The summed E-state index contributed by atoms with van der Waals surface area (Å²) in [5.41, 5.74) is 0.711. The maximum Gasteiger partial charge on any atom is 0.225 e. The van der Waals surface area contributed by atoms with Crippen LogP contribution < -0.4 is 5.32 Å². The van der Waals surface area contributed by atoms with Gasteiger partial charge in [0.05, 0.1) is 6.61 Å². The van der Waals surface area contributed by atoms with Gasteiger partial charge in [-0.3, -0.25) is 4.79 Å². The summed E-state index contributed by atoms with van der Waals surface area (Å²) in [5.74, 6) is 0.665. The Morgan fingerprint density at radius 2 is 2.35 bits per heavy atom. The van der Waals surface area contributed by atoms with Gasteiger partial charge in [-0.25, -0.2) is 0 Å². The first-order valence-corrected chi connectivity index (χ1v) is 6.82. The van der Waals surface area contributed by atoms with Crippen LogP contribution in [-0.4, -0.2) is 28.6 Å². The number of nitrogens with one attached hydrogen (secondary N) is 1. The van der Waals surface area contributed by atoms with E-state index in [9.17, 15) is 4.79 Å². The van der Waals surface area contributed by atoms with Crippen molar-refractivity contribution in [1.82, 2.24) is 0 Å². The number of benzene rings is 1. The van der Waals surface area contributed by atoms with E-state index in [1.807, 2.05) is 6.92 Å². The first kappa shape index (κ1) is 14.4. The highest BCUT2D eigenvalue weighted by Crippen LogP contribution is 2.16. The normalized spacial score (nSPS) is 12.2. The summed E-state index contributed by atoms with van der Waals surface area (Å²) in [6.45, 7) is 2.07. The molecule has 94 valence electrons. The van der Waals surface area contributed by atoms with Crippen LogP contribution in [0.1, 0.15) is 13.3 Å². The molecule has 2 N–H and O–H groups in total. The molecule has 1 atom stereocenters. The molecule has 0 heterocycles. The Hall–Kier alpha value is -0.710. The molecule has 0 fully saturated rings. The topological polar surface area (TPSA) is 49.3 Å². The molecule has 17 heavy (non-hydrogen) atoms. The maximum absolute atomic E-state index is 11.6. The molecule has 1 aromatic carbocycles. The first-order chi connectivity index (χ1) is 8.11. The molecular weight excluding hydrogens is 258 g/mol. The van der Waals surface area contributed by atoms with Crippen LogP contribution in [-0.2, 0) is 4.79 Å². The molecule has 0 bridgehead atoms. The second-order valence-corrected chi connectivity index (χ2v) is 5.66. The summed E-state index contributed by atoms with van der Waals surface area (Å²) in [6, 6.07) is 7.06. The fourth-order valence-corrected chi connectivity index (χ4v) is 2.20. The van der Waals surface area contributed by atoms with E-state index in [0.29, 0.717) is 22.9 Å². The largest absolute Gasteiger partial charge is 0.395 e. The summed E-state index contributed by atoms with van der Waals surface area (Å²) in [6.07, 6.45) is 0.432. The van der Waals surface area contributed by atoms with Crippen molar-refractivity contribution in [2.45, 2.75) is 18.6 Å². The Labute approximate surface area is 111 Å². The average molecular weight is 274 g/mol. The molecule has 0 spiro atoms. The number of rotatable bonds is 6. The van der Waals surface area contributed by atoms with Crippen LogP contribution in [0, 0.1) is 0 Å². The molecule has 0 saturated carbocycles. The highest BCUT2D eigenvalue weighted by Gasteiger charge is 2.05. The first-order valence-electron chi connectivity index (χ1n) is 5.39. The zero-order valence-corrected chi connectivity index (χ0v) is 11.2. The van der Waals surface area contributed by atoms with Crippen LogP contribution in [0.15, 0.2) is 24.3 Å². The Bertz CT molecular complexity index is 373.